The highest BCUT2D eigenvalue weighted by Gasteiger charge is 2.28. The van der Waals surface area contributed by atoms with Crippen molar-refractivity contribution >= 4 is 18.1 Å². The molecule has 0 bridgehead atoms. The van der Waals surface area contributed by atoms with Crippen molar-refractivity contribution in [3.63, 3.8) is 0 Å². The van der Waals surface area contributed by atoms with Gasteiger partial charge in [-0.25, -0.2) is 9.59 Å². The Balaban J connectivity index is 2.49. The number of hydrogen-bond acceptors (Lipinski definition) is 5. The van der Waals surface area contributed by atoms with Gasteiger partial charge >= 0.3 is 12.2 Å². The predicted molar refractivity (Wildman–Crippen MR) is 97.8 cm³/mol. The Morgan fingerprint density at radius 3 is 2.27 bits per heavy atom. The summed E-state index contributed by atoms with van der Waals surface area (Å²) in [6, 6.07) is 0. The Hall–Kier alpha value is -1.99. The van der Waals surface area contributed by atoms with Crippen molar-refractivity contribution in [2.45, 2.75) is 65.6 Å². The zero-order valence-electron chi connectivity index (χ0n) is 16.8. The molecule has 3 amide bonds. The lowest BCUT2D eigenvalue weighted by molar-refractivity contribution is -0.119. The topological polar surface area (TPSA) is 97.0 Å². The molecule has 8 heteroatoms. The van der Waals surface area contributed by atoms with Crippen molar-refractivity contribution in [3.8, 4) is 0 Å². The normalized spacial score (nSPS) is 17.5. The number of nitrogens with zero attached hydrogens (tertiary/aromatic N) is 1. The Morgan fingerprint density at radius 2 is 1.77 bits per heavy atom. The molecule has 1 heterocycles. The van der Waals surface area contributed by atoms with Crippen molar-refractivity contribution < 1.29 is 23.9 Å². The third-order valence-electron chi connectivity index (χ3n) is 3.47. The van der Waals surface area contributed by atoms with E-state index in [0.29, 0.717) is 39.0 Å². The van der Waals surface area contributed by atoms with Crippen LogP contribution in [0.4, 0.5) is 9.59 Å². The molecule has 0 aromatic heterocycles. The fraction of sp³-hybridized carbons (Fsp3) is 0.833. The maximum Gasteiger partial charge on any atom is 0.410 e. The highest BCUT2D eigenvalue weighted by Crippen LogP contribution is 2.15. The van der Waals surface area contributed by atoms with Crippen molar-refractivity contribution in [2.75, 3.05) is 26.2 Å². The molecule has 1 atom stereocenters. The lowest BCUT2D eigenvalue weighted by Crippen LogP contribution is -2.41. The van der Waals surface area contributed by atoms with Gasteiger partial charge in [-0.05, 0) is 48.0 Å². The van der Waals surface area contributed by atoms with Gasteiger partial charge in [0.1, 0.15) is 11.2 Å². The van der Waals surface area contributed by atoms with Gasteiger partial charge in [-0.3, -0.25) is 4.79 Å². The zero-order chi connectivity index (χ0) is 20.0. The minimum absolute atomic E-state index is 0.00531. The summed E-state index contributed by atoms with van der Waals surface area (Å²) >= 11 is 0. The minimum Gasteiger partial charge on any atom is -0.444 e. The van der Waals surface area contributed by atoms with E-state index in [-0.39, 0.29) is 11.8 Å². The molecule has 0 spiro atoms. The third kappa shape index (κ3) is 9.48. The molecule has 150 valence electrons. The highest BCUT2D eigenvalue weighted by molar-refractivity contribution is 5.78. The van der Waals surface area contributed by atoms with E-state index in [0.717, 1.165) is 0 Å². The summed E-state index contributed by atoms with van der Waals surface area (Å²) < 4.78 is 10.6. The number of carbonyl (C=O) groups excluding carboxylic acids is 3. The van der Waals surface area contributed by atoms with Crippen molar-refractivity contribution in [2.24, 2.45) is 5.92 Å². The number of alkyl carbamates (subject to hydrolysis) is 1. The number of nitrogens with one attached hydrogen (secondary N) is 2. The molecule has 1 fully saturated rings. The van der Waals surface area contributed by atoms with Crippen LogP contribution in [0.5, 0.6) is 0 Å². The van der Waals surface area contributed by atoms with Crippen LogP contribution in [0.1, 0.15) is 54.4 Å². The molecule has 0 aromatic carbocycles. The van der Waals surface area contributed by atoms with E-state index < -0.39 is 23.4 Å². The highest BCUT2D eigenvalue weighted by atomic mass is 16.6. The quantitative estimate of drug-likeness (QED) is 0.698. The third-order valence-corrected chi connectivity index (χ3v) is 3.47. The van der Waals surface area contributed by atoms with Gasteiger partial charge in [0.2, 0.25) is 5.91 Å². The van der Waals surface area contributed by atoms with Crippen LogP contribution in [0.25, 0.3) is 0 Å². The molecule has 26 heavy (non-hydrogen) atoms. The number of hydrogen-bond donors (Lipinski definition) is 2. The largest absolute Gasteiger partial charge is 0.444 e. The van der Waals surface area contributed by atoms with Crippen molar-refractivity contribution in [3.05, 3.63) is 0 Å². The van der Waals surface area contributed by atoms with E-state index in [1.807, 2.05) is 20.8 Å². The van der Waals surface area contributed by atoms with Crippen molar-refractivity contribution in [1.82, 2.24) is 15.5 Å². The molecule has 8 nitrogen and oxygen atoms in total. The molecule has 1 aliphatic rings. The summed E-state index contributed by atoms with van der Waals surface area (Å²) in [6.45, 7) is 12.7. The van der Waals surface area contributed by atoms with E-state index in [1.165, 1.54) is 0 Å². The van der Waals surface area contributed by atoms with Gasteiger partial charge in [-0.1, -0.05) is 0 Å². The summed E-state index contributed by atoms with van der Waals surface area (Å²) in [7, 11) is 0. The maximum atomic E-state index is 12.4. The maximum absolute atomic E-state index is 12.4. The lowest BCUT2D eigenvalue weighted by Gasteiger charge is -2.29. The summed E-state index contributed by atoms with van der Waals surface area (Å²) in [5, 5.41) is 5.45. The van der Waals surface area contributed by atoms with E-state index in [1.54, 1.807) is 25.7 Å². The molecule has 1 unspecified atom stereocenters. The molecule has 0 radical (unpaired) electrons. The lowest BCUT2D eigenvalue weighted by atomic mass is 10.1. The van der Waals surface area contributed by atoms with E-state index in [4.69, 9.17) is 9.47 Å². The summed E-state index contributed by atoms with van der Waals surface area (Å²) in [6.07, 6.45) is 0.0863. The van der Waals surface area contributed by atoms with E-state index >= 15 is 0 Å². The van der Waals surface area contributed by atoms with Crippen LogP contribution >= 0.6 is 0 Å². The second-order valence-electron chi connectivity index (χ2n) is 8.58. The Kier molecular flexibility index (Phi) is 7.71. The molecule has 0 saturated carbocycles. The van der Waals surface area contributed by atoms with E-state index in [9.17, 15) is 14.4 Å². The molecule has 0 aliphatic carbocycles. The number of ether oxygens (including phenoxy) is 2. The van der Waals surface area contributed by atoms with Crippen LogP contribution in [-0.2, 0) is 14.3 Å². The second kappa shape index (κ2) is 9.09. The van der Waals surface area contributed by atoms with Crippen molar-refractivity contribution in [1.29, 1.82) is 0 Å². The monoisotopic (exact) mass is 371 g/mol. The van der Waals surface area contributed by atoms with Gasteiger partial charge in [0, 0.05) is 38.5 Å². The molecule has 1 aliphatic heterocycles. The average Bonchev–Trinajstić information content (AvgIpc) is 2.83. The fourth-order valence-electron chi connectivity index (χ4n) is 2.46. The van der Waals surface area contributed by atoms with Gasteiger partial charge < -0.3 is 25.0 Å². The molecule has 1 saturated heterocycles. The molecular formula is C18H33N3O5. The van der Waals surface area contributed by atoms with Gasteiger partial charge in [-0.15, -0.1) is 0 Å². The molecular weight excluding hydrogens is 338 g/mol. The average molecular weight is 371 g/mol. The number of carbonyl (C=O) groups is 3. The Bertz CT molecular complexity index is 508. The van der Waals surface area contributed by atoms with Crippen LogP contribution in [-0.4, -0.2) is 60.4 Å². The first kappa shape index (κ1) is 22.1. The molecule has 1 rings (SSSR count). The predicted octanol–water partition coefficient (Wildman–Crippen LogP) is 2.27. The number of amides is 3. The summed E-state index contributed by atoms with van der Waals surface area (Å²) in [5.41, 5.74) is -1.14. The van der Waals surface area contributed by atoms with Gasteiger partial charge in [0.25, 0.3) is 0 Å². The second-order valence-corrected chi connectivity index (χ2v) is 8.58. The SMILES string of the molecule is CC(C)(C)OC(=O)NCCCN(CC1CNC(=O)C1)C(=O)OC(C)(C)C. The van der Waals surface area contributed by atoms with Crippen LogP contribution < -0.4 is 10.6 Å². The van der Waals surface area contributed by atoms with Crippen LogP contribution in [0, 0.1) is 5.92 Å². The summed E-state index contributed by atoms with van der Waals surface area (Å²) in [5.74, 6) is 0.0829. The van der Waals surface area contributed by atoms with Crippen LogP contribution in [0.3, 0.4) is 0 Å². The van der Waals surface area contributed by atoms with Crippen LogP contribution in [0.2, 0.25) is 0 Å². The number of rotatable bonds is 6. The smallest absolute Gasteiger partial charge is 0.410 e. The van der Waals surface area contributed by atoms with Gasteiger partial charge in [-0.2, -0.15) is 0 Å². The van der Waals surface area contributed by atoms with E-state index in [2.05, 4.69) is 10.6 Å². The zero-order valence-corrected chi connectivity index (χ0v) is 16.8. The Morgan fingerprint density at radius 1 is 1.15 bits per heavy atom. The molecule has 2 N–H and O–H groups in total. The fourth-order valence-corrected chi connectivity index (χ4v) is 2.46. The molecule has 0 aromatic rings. The first-order valence-electron chi connectivity index (χ1n) is 9.07. The van der Waals surface area contributed by atoms with Gasteiger partial charge in [0.15, 0.2) is 0 Å². The first-order chi connectivity index (χ1) is 11.9. The Labute approximate surface area is 156 Å². The van der Waals surface area contributed by atoms with Gasteiger partial charge in [0.05, 0.1) is 0 Å². The minimum atomic E-state index is -0.589. The standard InChI is InChI=1S/C18H33N3O5/c1-17(2,3)25-15(23)19-8-7-9-21(16(24)26-18(4,5)6)12-13-10-14(22)20-11-13/h13H,7-12H2,1-6H3,(H,19,23)(H,20,22). The first-order valence-corrected chi connectivity index (χ1v) is 9.07. The summed E-state index contributed by atoms with van der Waals surface area (Å²) in [4.78, 5) is 37.1. The van der Waals surface area contributed by atoms with Crippen LogP contribution in [0.15, 0.2) is 0 Å².